The highest BCUT2D eigenvalue weighted by Crippen LogP contribution is 2.29. The first kappa shape index (κ1) is 25.7. The van der Waals surface area contributed by atoms with Gasteiger partial charge in [-0.05, 0) is 56.9 Å². The summed E-state index contributed by atoms with van der Waals surface area (Å²) in [6.45, 7) is 8.48. The number of nitrogens with zero attached hydrogens (tertiary/aromatic N) is 1. The van der Waals surface area contributed by atoms with E-state index >= 15 is 0 Å². The highest BCUT2D eigenvalue weighted by atomic mass is 16.6. The number of carbonyl (C=O) groups excluding carboxylic acids is 2. The normalized spacial score (nSPS) is 10.9. The fraction of sp³-hybridized carbons (Fsp3) is 0.400. The molecule has 0 saturated heterocycles. The zero-order valence-corrected chi connectivity index (χ0v) is 19.7. The average molecular weight is 458 g/mol. The van der Waals surface area contributed by atoms with Gasteiger partial charge in [0.25, 0.3) is 0 Å². The van der Waals surface area contributed by atoms with Crippen molar-refractivity contribution in [2.75, 3.05) is 13.2 Å². The average Bonchev–Trinajstić information content (AvgIpc) is 2.75. The van der Waals surface area contributed by atoms with Crippen molar-refractivity contribution in [3.63, 3.8) is 0 Å². The minimum atomic E-state index is -1.18. The van der Waals surface area contributed by atoms with Gasteiger partial charge >= 0.3 is 18.0 Å². The quantitative estimate of drug-likeness (QED) is 0.532. The van der Waals surface area contributed by atoms with Crippen molar-refractivity contribution >= 4 is 18.0 Å². The highest BCUT2D eigenvalue weighted by Gasteiger charge is 2.32. The minimum absolute atomic E-state index is 0.0448. The maximum absolute atomic E-state index is 12.6. The number of aliphatic carboxylic acids is 1. The third kappa shape index (κ3) is 7.52. The number of aryl methyl sites for hydroxylation is 2. The Morgan fingerprint density at radius 2 is 1.58 bits per heavy atom. The summed E-state index contributed by atoms with van der Waals surface area (Å²) in [5.41, 5.74) is 1.83. The van der Waals surface area contributed by atoms with E-state index in [1.165, 1.54) is 0 Å². The topological polar surface area (TPSA) is 102 Å². The monoisotopic (exact) mass is 457 g/mol. The summed E-state index contributed by atoms with van der Waals surface area (Å²) in [6.07, 6.45) is -0.722. The van der Waals surface area contributed by atoms with Crippen molar-refractivity contribution in [1.82, 2.24) is 4.90 Å². The number of carbonyl (C=O) groups is 3. The molecule has 0 saturated carbocycles. The number of amides is 1. The third-order valence-corrected chi connectivity index (χ3v) is 4.81. The SMILES string of the molecule is CCOC(=O)C(C)(C)Oc1c(C)cc(CN(CC(=O)O)C(=O)OCc2ccccc2)cc1C. The van der Waals surface area contributed by atoms with E-state index in [0.717, 1.165) is 21.6 Å². The second-order valence-electron chi connectivity index (χ2n) is 8.18. The summed E-state index contributed by atoms with van der Waals surface area (Å²) in [5.74, 6) is -1.08. The van der Waals surface area contributed by atoms with Gasteiger partial charge in [0.15, 0.2) is 5.60 Å². The molecule has 178 valence electrons. The first-order chi connectivity index (χ1) is 15.5. The van der Waals surface area contributed by atoms with E-state index in [9.17, 15) is 19.5 Å². The van der Waals surface area contributed by atoms with Crippen LogP contribution in [0.3, 0.4) is 0 Å². The molecule has 0 aromatic heterocycles. The minimum Gasteiger partial charge on any atom is -0.480 e. The van der Waals surface area contributed by atoms with E-state index in [1.54, 1.807) is 32.9 Å². The molecule has 2 rings (SSSR count). The van der Waals surface area contributed by atoms with Crippen LogP contribution in [0.25, 0.3) is 0 Å². The first-order valence-corrected chi connectivity index (χ1v) is 10.7. The molecule has 1 N–H and O–H groups in total. The summed E-state index contributed by atoms with van der Waals surface area (Å²) in [7, 11) is 0. The van der Waals surface area contributed by atoms with Gasteiger partial charge in [0.1, 0.15) is 18.9 Å². The summed E-state index contributed by atoms with van der Waals surface area (Å²) in [6, 6.07) is 12.7. The van der Waals surface area contributed by atoms with E-state index in [-0.39, 0.29) is 19.8 Å². The van der Waals surface area contributed by atoms with Crippen LogP contribution >= 0.6 is 0 Å². The number of carboxylic acid groups (broad SMARTS) is 1. The van der Waals surface area contributed by atoms with Crippen molar-refractivity contribution in [1.29, 1.82) is 0 Å². The Kier molecular flexibility index (Phi) is 8.85. The predicted molar refractivity (Wildman–Crippen MR) is 122 cm³/mol. The zero-order chi connectivity index (χ0) is 24.6. The lowest BCUT2D eigenvalue weighted by Crippen LogP contribution is -2.40. The Bertz CT molecular complexity index is 962. The van der Waals surface area contributed by atoms with Crippen LogP contribution in [0.5, 0.6) is 5.75 Å². The van der Waals surface area contributed by atoms with Gasteiger partial charge < -0.3 is 19.3 Å². The van der Waals surface area contributed by atoms with Crippen molar-refractivity contribution in [2.45, 2.75) is 53.4 Å². The summed E-state index contributed by atoms with van der Waals surface area (Å²) in [4.78, 5) is 37.2. The number of rotatable bonds is 10. The van der Waals surface area contributed by atoms with E-state index in [0.29, 0.717) is 11.3 Å². The van der Waals surface area contributed by atoms with Crippen LogP contribution in [0, 0.1) is 13.8 Å². The number of benzene rings is 2. The molecule has 33 heavy (non-hydrogen) atoms. The number of hydrogen-bond acceptors (Lipinski definition) is 6. The second-order valence-corrected chi connectivity index (χ2v) is 8.18. The largest absolute Gasteiger partial charge is 0.480 e. The smallest absolute Gasteiger partial charge is 0.410 e. The van der Waals surface area contributed by atoms with Gasteiger partial charge in [-0.3, -0.25) is 9.69 Å². The van der Waals surface area contributed by atoms with Crippen LogP contribution in [0.1, 0.15) is 43.0 Å². The Hall–Kier alpha value is -3.55. The fourth-order valence-corrected chi connectivity index (χ4v) is 3.27. The molecule has 0 aliphatic carbocycles. The first-order valence-electron chi connectivity index (χ1n) is 10.7. The molecule has 0 heterocycles. The standard InChI is InChI=1S/C25H31NO7/c1-6-31-23(29)25(4,5)33-22-17(2)12-20(13-18(22)3)14-26(15-21(27)28)24(30)32-16-19-10-8-7-9-11-19/h7-13H,6,14-16H2,1-5H3,(H,27,28). The lowest BCUT2D eigenvalue weighted by Gasteiger charge is -2.27. The maximum Gasteiger partial charge on any atom is 0.410 e. The summed E-state index contributed by atoms with van der Waals surface area (Å²) < 4.78 is 16.3. The molecule has 0 aliphatic heterocycles. The molecule has 0 unspecified atom stereocenters. The van der Waals surface area contributed by atoms with Gasteiger partial charge in [0, 0.05) is 6.54 Å². The van der Waals surface area contributed by atoms with Crippen LogP contribution in [-0.2, 0) is 32.2 Å². The third-order valence-electron chi connectivity index (χ3n) is 4.81. The van der Waals surface area contributed by atoms with E-state index in [1.807, 2.05) is 44.2 Å². The number of esters is 1. The van der Waals surface area contributed by atoms with Gasteiger partial charge in [-0.1, -0.05) is 42.5 Å². The molecule has 0 spiro atoms. The van der Waals surface area contributed by atoms with Gasteiger partial charge in [0.2, 0.25) is 0 Å². The van der Waals surface area contributed by atoms with Crippen molar-refractivity contribution < 1.29 is 33.7 Å². The molecule has 2 aromatic rings. The molecular formula is C25H31NO7. The molecule has 1 amide bonds. The van der Waals surface area contributed by atoms with Crippen LogP contribution < -0.4 is 4.74 Å². The van der Waals surface area contributed by atoms with Crippen LogP contribution in [0.15, 0.2) is 42.5 Å². The number of ether oxygens (including phenoxy) is 3. The molecule has 0 aliphatic rings. The Balaban J connectivity index is 2.17. The molecule has 0 atom stereocenters. The van der Waals surface area contributed by atoms with Gasteiger partial charge in [0.05, 0.1) is 6.61 Å². The summed E-state index contributed by atoms with van der Waals surface area (Å²) in [5, 5.41) is 9.26. The van der Waals surface area contributed by atoms with Crippen LogP contribution in [0.2, 0.25) is 0 Å². The molecule has 8 heteroatoms. The Morgan fingerprint density at radius 3 is 2.12 bits per heavy atom. The van der Waals surface area contributed by atoms with Crippen LogP contribution in [0.4, 0.5) is 4.79 Å². The molecule has 0 fully saturated rings. The number of carboxylic acids is 1. The van der Waals surface area contributed by atoms with Crippen LogP contribution in [-0.4, -0.2) is 46.8 Å². The maximum atomic E-state index is 12.6. The van der Waals surface area contributed by atoms with Gasteiger partial charge in [-0.15, -0.1) is 0 Å². The van der Waals surface area contributed by atoms with Gasteiger partial charge in [-0.2, -0.15) is 0 Å². The van der Waals surface area contributed by atoms with E-state index in [2.05, 4.69) is 0 Å². The van der Waals surface area contributed by atoms with E-state index < -0.39 is 30.2 Å². The van der Waals surface area contributed by atoms with Crippen molar-refractivity contribution in [3.8, 4) is 5.75 Å². The molecular weight excluding hydrogens is 426 g/mol. The van der Waals surface area contributed by atoms with Gasteiger partial charge in [-0.25, -0.2) is 9.59 Å². The lowest BCUT2D eigenvalue weighted by atomic mass is 10.0. The van der Waals surface area contributed by atoms with Crippen molar-refractivity contribution in [3.05, 3.63) is 64.7 Å². The van der Waals surface area contributed by atoms with Crippen molar-refractivity contribution in [2.24, 2.45) is 0 Å². The predicted octanol–water partition coefficient (Wildman–Crippen LogP) is 4.25. The fourth-order valence-electron chi connectivity index (χ4n) is 3.27. The molecule has 0 radical (unpaired) electrons. The molecule has 0 bridgehead atoms. The summed E-state index contributed by atoms with van der Waals surface area (Å²) >= 11 is 0. The lowest BCUT2D eigenvalue weighted by molar-refractivity contribution is -0.158. The second kappa shape index (κ2) is 11.4. The van der Waals surface area contributed by atoms with E-state index in [4.69, 9.17) is 14.2 Å². The molecule has 2 aromatic carbocycles. The number of hydrogen-bond donors (Lipinski definition) is 1. The zero-order valence-electron chi connectivity index (χ0n) is 19.7. The highest BCUT2D eigenvalue weighted by molar-refractivity contribution is 5.79. The molecule has 8 nitrogen and oxygen atoms in total. The Morgan fingerprint density at radius 1 is 0.970 bits per heavy atom. The Labute approximate surface area is 194 Å².